The standard InChI is InChI=1S/C12H13F3N2O3/c13-7-5-10(20-11(16)19)9(18)6-8(7)17-3-1-12(14,15)2-4-17/h5-6,18H,1-4H2,(H2,16,19). The minimum absolute atomic E-state index is 0.0187. The minimum atomic E-state index is -2.75. The number of ether oxygens (including phenoxy) is 1. The van der Waals surface area contributed by atoms with E-state index >= 15 is 0 Å². The molecule has 0 atom stereocenters. The van der Waals surface area contributed by atoms with Gasteiger partial charge in [-0.2, -0.15) is 0 Å². The maximum Gasteiger partial charge on any atom is 0.410 e. The second kappa shape index (κ2) is 5.10. The van der Waals surface area contributed by atoms with E-state index in [0.717, 1.165) is 12.1 Å². The highest BCUT2D eigenvalue weighted by Crippen LogP contribution is 2.36. The van der Waals surface area contributed by atoms with Crippen LogP contribution in [0.2, 0.25) is 0 Å². The number of alkyl halides is 2. The van der Waals surface area contributed by atoms with Gasteiger partial charge >= 0.3 is 6.09 Å². The molecule has 1 aliphatic heterocycles. The topological polar surface area (TPSA) is 75.8 Å². The largest absolute Gasteiger partial charge is 0.504 e. The lowest BCUT2D eigenvalue weighted by Crippen LogP contribution is -2.39. The second-order valence-electron chi connectivity index (χ2n) is 4.54. The SMILES string of the molecule is NC(=O)Oc1cc(F)c(N2CCC(F)(F)CC2)cc1O. The van der Waals surface area contributed by atoms with Crippen molar-refractivity contribution in [2.45, 2.75) is 18.8 Å². The number of nitrogens with zero attached hydrogens (tertiary/aromatic N) is 1. The molecule has 1 saturated heterocycles. The Hall–Kier alpha value is -2.12. The van der Waals surface area contributed by atoms with E-state index < -0.39 is 29.3 Å². The van der Waals surface area contributed by atoms with Crippen molar-refractivity contribution in [3.8, 4) is 11.5 Å². The number of phenols is 1. The number of piperidine rings is 1. The maximum atomic E-state index is 13.9. The number of anilines is 1. The average molecular weight is 290 g/mol. The van der Waals surface area contributed by atoms with Crippen molar-refractivity contribution in [3.63, 3.8) is 0 Å². The highest BCUT2D eigenvalue weighted by atomic mass is 19.3. The van der Waals surface area contributed by atoms with E-state index in [1.54, 1.807) is 0 Å². The summed E-state index contributed by atoms with van der Waals surface area (Å²) in [5.74, 6) is -4.44. The van der Waals surface area contributed by atoms with Crippen molar-refractivity contribution < 1.29 is 27.8 Å². The van der Waals surface area contributed by atoms with Crippen LogP contribution >= 0.6 is 0 Å². The van der Waals surface area contributed by atoms with Crippen LogP contribution in [0, 0.1) is 5.82 Å². The number of halogens is 3. The Morgan fingerprint density at radius 2 is 1.95 bits per heavy atom. The molecule has 1 aromatic rings. The van der Waals surface area contributed by atoms with Gasteiger partial charge in [0.1, 0.15) is 5.82 Å². The number of amides is 1. The third-order valence-electron chi connectivity index (χ3n) is 3.07. The smallest absolute Gasteiger partial charge is 0.410 e. The summed E-state index contributed by atoms with van der Waals surface area (Å²) in [4.78, 5) is 12.0. The van der Waals surface area contributed by atoms with Gasteiger partial charge in [0, 0.05) is 38.1 Å². The van der Waals surface area contributed by atoms with Crippen LogP contribution in [0.25, 0.3) is 0 Å². The molecule has 1 aromatic carbocycles. The van der Waals surface area contributed by atoms with Gasteiger partial charge in [-0.05, 0) is 0 Å². The van der Waals surface area contributed by atoms with E-state index in [1.807, 2.05) is 0 Å². The first-order valence-corrected chi connectivity index (χ1v) is 5.91. The fourth-order valence-electron chi connectivity index (χ4n) is 2.04. The maximum absolute atomic E-state index is 13.9. The van der Waals surface area contributed by atoms with Crippen LogP contribution in [0.15, 0.2) is 12.1 Å². The van der Waals surface area contributed by atoms with Crippen molar-refractivity contribution in [1.82, 2.24) is 0 Å². The predicted molar refractivity (Wildman–Crippen MR) is 64.7 cm³/mol. The molecular formula is C12H13F3N2O3. The summed E-state index contributed by atoms with van der Waals surface area (Å²) in [6.07, 6.45) is -1.95. The Morgan fingerprint density at radius 3 is 2.50 bits per heavy atom. The van der Waals surface area contributed by atoms with Crippen LogP contribution in [-0.2, 0) is 0 Å². The van der Waals surface area contributed by atoms with Crippen molar-refractivity contribution in [1.29, 1.82) is 0 Å². The lowest BCUT2D eigenvalue weighted by molar-refractivity contribution is -0.0221. The van der Waals surface area contributed by atoms with E-state index in [2.05, 4.69) is 4.74 Å². The Balaban J connectivity index is 2.21. The van der Waals surface area contributed by atoms with E-state index in [0.29, 0.717) is 0 Å². The number of hydrogen-bond acceptors (Lipinski definition) is 4. The number of benzene rings is 1. The average Bonchev–Trinajstić information content (AvgIpc) is 2.33. The van der Waals surface area contributed by atoms with Gasteiger partial charge in [0.2, 0.25) is 0 Å². The monoisotopic (exact) mass is 290 g/mol. The molecule has 5 nitrogen and oxygen atoms in total. The summed E-state index contributed by atoms with van der Waals surface area (Å²) in [6, 6.07) is 1.82. The number of phenolic OH excluding ortho intramolecular Hbond substituents is 1. The van der Waals surface area contributed by atoms with E-state index in [4.69, 9.17) is 5.73 Å². The molecule has 0 aliphatic carbocycles. The molecule has 2 rings (SSSR count). The summed E-state index contributed by atoms with van der Waals surface area (Å²) in [6.45, 7) is -0.0568. The zero-order valence-electron chi connectivity index (χ0n) is 10.4. The molecule has 0 unspecified atom stereocenters. The molecule has 8 heteroatoms. The molecule has 1 aliphatic rings. The van der Waals surface area contributed by atoms with Crippen molar-refractivity contribution in [2.75, 3.05) is 18.0 Å². The van der Waals surface area contributed by atoms with E-state index in [-0.39, 0.29) is 31.6 Å². The van der Waals surface area contributed by atoms with Crippen LogP contribution in [-0.4, -0.2) is 30.2 Å². The van der Waals surface area contributed by atoms with E-state index in [1.165, 1.54) is 4.90 Å². The first-order valence-electron chi connectivity index (χ1n) is 5.91. The number of primary amides is 1. The van der Waals surface area contributed by atoms with Crippen molar-refractivity contribution >= 4 is 11.8 Å². The van der Waals surface area contributed by atoms with Crippen LogP contribution < -0.4 is 15.4 Å². The molecule has 0 radical (unpaired) electrons. The summed E-state index contributed by atoms with van der Waals surface area (Å²) in [5, 5.41) is 9.62. The summed E-state index contributed by atoms with van der Waals surface area (Å²) in [7, 11) is 0. The summed E-state index contributed by atoms with van der Waals surface area (Å²) < 4.78 is 44.4. The highest BCUT2D eigenvalue weighted by molar-refractivity contribution is 5.70. The van der Waals surface area contributed by atoms with Crippen molar-refractivity contribution in [2.24, 2.45) is 5.73 Å². The molecule has 20 heavy (non-hydrogen) atoms. The molecule has 3 N–H and O–H groups in total. The first-order chi connectivity index (χ1) is 9.28. The number of hydrogen-bond donors (Lipinski definition) is 2. The second-order valence-corrected chi connectivity index (χ2v) is 4.54. The van der Waals surface area contributed by atoms with Gasteiger partial charge in [0.25, 0.3) is 5.92 Å². The lowest BCUT2D eigenvalue weighted by Gasteiger charge is -2.33. The lowest BCUT2D eigenvalue weighted by atomic mass is 10.1. The third kappa shape index (κ3) is 3.06. The molecule has 0 aromatic heterocycles. The molecule has 110 valence electrons. The number of nitrogens with two attached hydrogens (primary N) is 1. The fraction of sp³-hybridized carbons (Fsp3) is 0.417. The quantitative estimate of drug-likeness (QED) is 0.875. The third-order valence-corrected chi connectivity index (χ3v) is 3.07. The number of carbonyl (C=O) groups excluding carboxylic acids is 1. The van der Waals surface area contributed by atoms with Gasteiger partial charge in [-0.25, -0.2) is 18.0 Å². The highest BCUT2D eigenvalue weighted by Gasteiger charge is 2.35. The van der Waals surface area contributed by atoms with Gasteiger partial charge in [-0.1, -0.05) is 0 Å². The molecule has 1 fully saturated rings. The van der Waals surface area contributed by atoms with Gasteiger partial charge in [-0.15, -0.1) is 0 Å². The van der Waals surface area contributed by atoms with Crippen molar-refractivity contribution in [3.05, 3.63) is 17.9 Å². The van der Waals surface area contributed by atoms with Gasteiger partial charge < -0.3 is 20.5 Å². The minimum Gasteiger partial charge on any atom is -0.504 e. The zero-order valence-corrected chi connectivity index (χ0v) is 10.4. The first kappa shape index (κ1) is 14.3. The van der Waals surface area contributed by atoms with Gasteiger partial charge in [0.05, 0.1) is 5.69 Å². The molecule has 0 saturated carbocycles. The summed E-state index contributed by atoms with van der Waals surface area (Å²) in [5.41, 5.74) is 4.75. The number of carbonyl (C=O) groups is 1. The van der Waals surface area contributed by atoms with Crippen LogP contribution in [0.5, 0.6) is 11.5 Å². The number of aromatic hydroxyl groups is 1. The molecule has 1 heterocycles. The van der Waals surface area contributed by atoms with Gasteiger partial charge in [-0.3, -0.25) is 0 Å². The summed E-state index contributed by atoms with van der Waals surface area (Å²) >= 11 is 0. The fourth-order valence-corrected chi connectivity index (χ4v) is 2.04. The Labute approximate surface area is 112 Å². The molecule has 1 amide bonds. The van der Waals surface area contributed by atoms with Crippen LogP contribution in [0.3, 0.4) is 0 Å². The molecule has 0 bridgehead atoms. The van der Waals surface area contributed by atoms with Gasteiger partial charge in [0.15, 0.2) is 11.5 Å². The molecule has 0 spiro atoms. The van der Waals surface area contributed by atoms with E-state index in [9.17, 15) is 23.1 Å². The number of rotatable bonds is 2. The Bertz CT molecular complexity index is 527. The Kier molecular flexibility index (Phi) is 3.65. The van der Waals surface area contributed by atoms with Crippen LogP contribution in [0.1, 0.15) is 12.8 Å². The predicted octanol–water partition coefficient (Wildman–Crippen LogP) is 2.22. The normalized spacial score (nSPS) is 17.9. The zero-order chi connectivity index (χ0) is 14.9. The van der Waals surface area contributed by atoms with Crippen LogP contribution in [0.4, 0.5) is 23.7 Å². The molecular weight excluding hydrogens is 277 g/mol. The Morgan fingerprint density at radius 1 is 1.35 bits per heavy atom.